The first-order valence-corrected chi connectivity index (χ1v) is 6.81. The quantitative estimate of drug-likeness (QED) is 0.788. The van der Waals surface area contributed by atoms with E-state index in [1.807, 2.05) is 6.07 Å². The molecule has 128 valence electrons. The summed E-state index contributed by atoms with van der Waals surface area (Å²) in [6.07, 6.45) is 1.22. The molecule has 0 saturated heterocycles. The van der Waals surface area contributed by atoms with Gasteiger partial charge >= 0.3 is 17.9 Å². The standard InChI is InChI=1S/C16H13N3O6/c1-24-15(22)10-4-3-8(14(20)21)5-11(10)19-7-9(6-17)12(18)13(19)16(23)25-2/h3-5,7H,18H2,1-2H3,(H,20,21). The summed E-state index contributed by atoms with van der Waals surface area (Å²) in [6, 6.07) is 5.45. The number of nitrogens with zero attached hydrogens (tertiary/aromatic N) is 2. The van der Waals surface area contributed by atoms with Gasteiger partial charge in [-0.2, -0.15) is 5.26 Å². The third kappa shape index (κ3) is 3.00. The van der Waals surface area contributed by atoms with Crippen molar-refractivity contribution < 1.29 is 29.0 Å². The number of aromatic nitrogens is 1. The van der Waals surface area contributed by atoms with Crippen LogP contribution in [-0.4, -0.2) is 41.8 Å². The van der Waals surface area contributed by atoms with Crippen LogP contribution in [0.5, 0.6) is 0 Å². The minimum Gasteiger partial charge on any atom is -0.478 e. The Morgan fingerprint density at radius 1 is 1.20 bits per heavy atom. The van der Waals surface area contributed by atoms with Crippen molar-refractivity contribution >= 4 is 23.6 Å². The van der Waals surface area contributed by atoms with Crippen molar-refractivity contribution in [1.29, 1.82) is 5.26 Å². The van der Waals surface area contributed by atoms with Crippen LogP contribution in [0.1, 0.15) is 36.8 Å². The summed E-state index contributed by atoms with van der Waals surface area (Å²) in [7, 11) is 2.28. The molecule has 9 heteroatoms. The SMILES string of the molecule is COC(=O)c1ccc(C(=O)O)cc1-n1cc(C#N)c(N)c1C(=O)OC. The van der Waals surface area contributed by atoms with Crippen LogP contribution in [0.25, 0.3) is 5.69 Å². The van der Waals surface area contributed by atoms with E-state index in [4.69, 9.17) is 11.0 Å². The van der Waals surface area contributed by atoms with Gasteiger partial charge in [0.15, 0.2) is 5.69 Å². The topological polar surface area (TPSA) is 145 Å². The number of ether oxygens (including phenoxy) is 2. The van der Waals surface area contributed by atoms with Crippen LogP contribution in [0.4, 0.5) is 5.69 Å². The highest BCUT2D eigenvalue weighted by molar-refractivity contribution is 5.99. The zero-order chi connectivity index (χ0) is 18.7. The third-order valence-electron chi connectivity index (χ3n) is 3.45. The van der Waals surface area contributed by atoms with Crippen molar-refractivity contribution in [1.82, 2.24) is 4.57 Å². The van der Waals surface area contributed by atoms with E-state index in [0.29, 0.717) is 0 Å². The van der Waals surface area contributed by atoms with Crippen LogP contribution in [0, 0.1) is 11.3 Å². The van der Waals surface area contributed by atoms with Gasteiger partial charge in [-0.3, -0.25) is 0 Å². The normalized spacial score (nSPS) is 9.96. The number of nitrogens with two attached hydrogens (primary N) is 1. The number of carboxylic acids is 1. The Bertz CT molecular complexity index is 923. The number of rotatable bonds is 4. The number of nitriles is 1. The van der Waals surface area contributed by atoms with Crippen LogP contribution >= 0.6 is 0 Å². The van der Waals surface area contributed by atoms with Crippen molar-refractivity contribution in [3.05, 3.63) is 46.8 Å². The van der Waals surface area contributed by atoms with E-state index >= 15 is 0 Å². The maximum absolute atomic E-state index is 12.1. The fourth-order valence-electron chi connectivity index (χ4n) is 2.25. The molecule has 0 aliphatic carbocycles. The Morgan fingerprint density at radius 3 is 2.36 bits per heavy atom. The van der Waals surface area contributed by atoms with Gasteiger partial charge in [0, 0.05) is 6.20 Å². The lowest BCUT2D eigenvalue weighted by Gasteiger charge is -2.13. The van der Waals surface area contributed by atoms with Crippen molar-refractivity contribution in [2.75, 3.05) is 20.0 Å². The Balaban J connectivity index is 2.87. The number of hydrogen-bond acceptors (Lipinski definition) is 7. The maximum atomic E-state index is 12.1. The first-order valence-electron chi connectivity index (χ1n) is 6.81. The van der Waals surface area contributed by atoms with E-state index in [1.54, 1.807) is 0 Å². The van der Waals surface area contributed by atoms with Gasteiger partial charge < -0.3 is 24.9 Å². The van der Waals surface area contributed by atoms with Gasteiger partial charge in [-0.15, -0.1) is 0 Å². The molecule has 0 bridgehead atoms. The second-order valence-electron chi connectivity index (χ2n) is 4.81. The first-order chi connectivity index (χ1) is 11.8. The predicted octanol–water partition coefficient (Wildman–Crippen LogP) is 1.20. The van der Waals surface area contributed by atoms with Crippen molar-refractivity contribution in [2.24, 2.45) is 0 Å². The molecule has 0 saturated carbocycles. The summed E-state index contributed by atoms with van der Waals surface area (Å²) < 4.78 is 10.5. The molecule has 25 heavy (non-hydrogen) atoms. The minimum atomic E-state index is -1.24. The summed E-state index contributed by atoms with van der Waals surface area (Å²) in [4.78, 5) is 35.3. The van der Waals surface area contributed by atoms with Gasteiger partial charge in [0.25, 0.3) is 0 Å². The molecule has 0 unspecified atom stereocenters. The molecular weight excluding hydrogens is 330 g/mol. The number of carbonyl (C=O) groups is 3. The number of aromatic carboxylic acids is 1. The van der Waals surface area contributed by atoms with E-state index in [2.05, 4.69) is 9.47 Å². The highest BCUT2D eigenvalue weighted by Crippen LogP contribution is 2.27. The molecule has 0 radical (unpaired) electrons. The molecule has 0 fully saturated rings. The summed E-state index contributed by atoms with van der Waals surface area (Å²) in [5.41, 5.74) is 5.29. The van der Waals surface area contributed by atoms with Crippen molar-refractivity contribution in [2.45, 2.75) is 0 Å². The van der Waals surface area contributed by atoms with Gasteiger partial charge in [-0.25, -0.2) is 14.4 Å². The van der Waals surface area contributed by atoms with E-state index in [9.17, 15) is 19.5 Å². The number of carbonyl (C=O) groups excluding carboxylic acids is 2. The van der Waals surface area contributed by atoms with Crippen LogP contribution < -0.4 is 5.73 Å². The minimum absolute atomic E-state index is 0.0142. The molecule has 3 N–H and O–H groups in total. The Labute approximate surface area is 141 Å². The number of esters is 2. The molecule has 1 aromatic carbocycles. The number of hydrogen-bond donors (Lipinski definition) is 2. The Kier molecular flexibility index (Phi) is 4.74. The fraction of sp³-hybridized carbons (Fsp3) is 0.125. The average molecular weight is 343 g/mol. The van der Waals surface area contributed by atoms with Crippen LogP contribution in [0.2, 0.25) is 0 Å². The molecule has 0 atom stereocenters. The molecular formula is C16H13N3O6. The van der Waals surface area contributed by atoms with Gasteiger partial charge in [0.2, 0.25) is 0 Å². The van der Waals surface area contributed by atoms with Gasteiger partial charge in [-0.1, -0.05) is 0 Å². The van der Waals surface area contributed by atoms with Crippen molar-refractivity contribution in [3.63, 3.8) is 0 Å². The number of carboxylic acid groups (broad SMARTS) is 1. The monoisotopic (exact) mass is 343 g/mol. The summed E-state index contributed by atoms with van der Waals surface area (Å²) in [5, 5.41) is 18.3. The summed E-state index contributed by atoms with van der Waals surface area (Å²) in [6.45, 7) is 0. The molecule has 2 aromatic rings. The molecule has 9 nitrogen and oxygen atoms in total. The lowest BCUT2D eigenvalue weighted by Crippen LogP contribution is -2.15. The van der Waals surface area contributed by atoms with E-state index < -0.39 is 17.9 Å². The number of benzene rings is 1. The van der Waals surface area contributed by atoms with Gasteiger partial charge in [0.1, 0.15) is 6.07 Å². The van der Waals surface area contributed by atoms with Gasteiger partial charge in [0.05, 0.1) is 42.3 Å². The lowest BCUT2D eigenvalue weighted by atomic mass is 10.1. The number of nitrogen functional groups attached to an aromatic ring is 1. The van der Waals surface area contributed by atoms with Crippen LogP contribution in [0.3, 0.4) is 0 Å². The highest BCUT2D eigenvalue weighted by atomic mass is 16.5. The molecule has 0 amide bonds. The number of methoxy groups -OCH3 is 2. The molecule has 0 aliphatic rings. The molecule has 0 spiro atoms. The largest absolute Gasteiger partial charge is 0.478 e. The zero-order valence-corrected chi connectivity index (χ0v) is 13.3. The average Bonchev–Trinajstić information content (AvgIpc) is 2.96. The van der Waals surface area contributed by atoms with Crippen LogP contribution in [0.15, 0.2) is 24.4 Å². The smallest absolute Gasteiger partial charge is 0.357 e. The molecule has 2 rings (SSSR count). The Hall–Kier alpha value is -3.80. The zero-order valence-electron chi connectivity index (χ0n) is 13.3. The second-order valence-corrected chi connectivity index (χ2v) is 4.81. The molecule has 0 aliphatic heterocycles. The molecule has 1 aromatic heterocycles. The fourth-order valence-corrected chi connectivity index (χ4v) is 2.25. The summed E-state index contributed by atoms with van der Waals surface area (Å²) >= 11 is 0. The Morgan fingerprint density at radius 2 is 1.84 bits per heavy atom. The summed E-state index contributed by atoms with van der Waals surface area (Å²) in [5.74, 6) is -2.85. The molecule has 1 heterocycles. The van der Waals surface area contributed by atoms with Crippen molar-refractivity contribution in [3.8, 4) is 11.8 Å². The number of anilines is 1. The second kappa shape index (κ2) is 6.76. The lowest BCUT2D eigenvalue weighted by molar-refractivity contribution is 0.0582. The van der Waals surface area contributed by atoms with Gasteiger partial charge in [-0.05, 0) is 18.2 Å². The van der Waals surface area contributed by atoms with Crippen LogP contribution in [-0.2, 0) is 9.47 Å². The first kappa shape index (κ1) is 17.6. The van der Waals surface area contributed by atoms with E-state index in [1.165, 1.54) is 24.4 Å². The van der Waals surface area contributed by atoms with E-state index in [0.717, 1.165) is 18.8 Å². The predicted molar refractivity (Wildman–Crippen MR) is 84.5 cm³/mol. The highest BCUT2D eigenvalue weighted by Gasteiger charge is 2.25. The third-order valence-corrected chi connectivity index (χ3v) is 3.45. The maximum Gasteiger partial charge on any atom is 0.357 e. The van der Waals surface area contributed by atoms with E-state index in [-0.39, 0.29) is 33.8 Å².